The highest BCUT2D eigenvalue weighted by Crippen LogP contribution is 2.23. The lowest BCUT2D eigenvalue weighted by Gasteiger charge is -2.05. The third-order valence-corrected chi connectivity index (χ3v) is 3.31. The average Bonchev–Trinajstić information content (AvgIpc) is 2.97. The number of aromatic nitrogens is 2. The Hall–Kier alpha value is -1.61. The van der Waals surface area contributed by atoms with E-state index >= 15 is 0 Å². The molecule has 3 rings (SSSR count). The number of Topliss-reactive ketones (excluding diaryl/α,β-unsaturated/α-hetero) is 1. The molecule has 0 N–H and O–H groups in total. The van der Waals surface area contributed by atoms with Gasteiger partial charge in [0, 0.05) is 18.0 Å². The van der Waals surface area contributed by atoms with Crippen LogP contribution < -0.4 is 0 Å². The van der Waals surface area contributed by atoms with Crippen molar-refractivity contribution in [3.05, 3.63) is 53.6 Å². The van der Waals surface area contributed by atoms with Crippen LogP contribution in [0.1, 0.15) is 27.9 Å². The highest BCUT2D eigenvalue weighted by Gasteiger charge is 2.13. The van der Waals surface area contributed by atoms with E-state index in [1.54, 1.807) is 17.1 Å². The molecule has 0 atom stereocenters. The van der Waals surface area contributed by atoms with Crippen LogP contribution in [0.4, 0.5) is 0 Å². The van der Waals surface area contributed by atoms with Crippen LogP contribution in [0.3, 0.4) is 0 Å². The molecule has 0 saturated heterocycles. The fraction of sp³-hybridized carbons (Fsp3) is 0.286. The maximum absolute atomic E-state index is 12.1. The van der Waals surface area contributed by atoms with Gasteiger partial charge >= 0.3 is 0 Å². The number of aryl methyl sites for hydroxylation is 2. The summed E-state index contributed by atoms with van der Waals surface area (Å²) in [7, 11) is 0. The molecule has 0 bridgehead atoms. The molecule has 0 fully saturated rings. The first-order valence-electron chi connectivity index (χ1n) is 5.94. The Balaban J connectivity index is 0.00000120. The van der Waals surface area contributed by atoms with Crippen molar-refractivity contribution in [3.63, 3.8) is 0 Å². The van der Waals surface area contributed by atoms with Gasteiger partial charge in [-0.15, -0.1) is 12.4 Å². The molecule has 2 aromatic rings. The minimum absolute atomic E-state index is 0. The molecule has 4 heteroatoms. The lowest BCUT2D eigenvalue weighted by atomic mass is 10.0. The summed E-state index contributed by atoms with van der Waals surface area (Å²) in [4.78, 5) is 16.0. The predicted octanol–water partition coefficient (Wildman–Crippen LogP) is 2.68. The molecule has 1 aliphatic carbocycles. The Morgan fingerprint density at radius 1 is 1.28 bits per heavy atom. The normalized spacial score (nSPS) is 12.9. The number of hydrogen-bond donors (Lipinski definition) is 0. The highest BCUT2D eigenvalue weighted by atomic mass is 35.5. The Morgan fingerprint density at radius 3 is 2.89 bits per heavy atom. The second-order valence-corrected chi connectivity index (χ2v) is 4.50. The Kier molecular flexibility index (Phi) is 3.82. The summed E-state index contributed by atoms with van der Waals surface area (Å²) >= 11 is 0. The Labute approximate surface area is 112 Å². The van der Waals surface area contributed by atoms with Gasteiger partial charge in [-0.05, 0) is 36.5 Å². The molecule has 0 spiro atoms. The number of benzene rings is 1. The molecular formula is C14H15ClN2O. The van der Waals surface area contributed by atoms with Gasteiger partial charge < -0.3 is 4.57 Å². The van der Waals surface area contributed by atoms with E-state index in [1.807, 2.05) is 12.3 Å². The third kappa shape index (κ3) is 2.46. The molecule has 1 aromatic carbocycles. The van der Waals surface area contributed by atoms with E-state index in [2.05, 4.69) is 17.1 Å². The van der Waals surface area contributed by atoms with E-state index in [0.717, 1.165) is 18.4 Å². The van der Waals surface area contributed by atoms with Crippen LogP contribution in [0, 0.1) is 0 Å². The number of fused-ring (bicyclic) bond motifs is 1. The number of imidazole rings is 1. The van der Waals surface area contributed by atoms with Crippen molar-refractivity contribution < 1.29 is 4.79 Å². The van der Waals surface area contributed by atoms with E-state index in [9.17, 15) is 4.79 Å². The smallest absolute Gasteiger partial charge is 0.182 e. The number of carbonyl (C=O) groups is 1. The standard InChI is InChI=1S/C14H14N2O.ClH/c17-14(9-16-7-6-15-10-16)13-5-4-11-2-1-3-12(11)8-13;/h4-8,10H,1-3,9H2;1H. The molecule has 0 saturated carbocycles. The average molecular weight is 263 g/mol. The Morgan fingerprint density at radius 2 is 2.11 bits per heavy atom. The molecular weight excluding hydrogens is 248 g/mol. The number of halogens is 1. The van der Waals surface area contributed by atoms with Crippen LogP contribution in [0.2, 0.25) is 0 Å². The summed E-state index contributed by atoms with van der Waals surface area (Å²) < 4.78 is 1.80. The predicted molar refractivity (Wildman–Crippen MR) is 72.3 cm³/mol. The molecule has 0 unspecified atom stereocenters. The largest absolute Gasteiger partial charge is 0.330 e. The summed E-state index contributed by atoms with van der Waals surface area (Å²) in [6.07, 6.45) is 8.66. The van der Waals surface area contributed by atoms with Crippen LogP contribution in [-0.2, 0) is 19.4 Å². The van der Waals surface area contributed by atoms with Crippen LogP contribution >= 0.6 is 12.4 Å². The minimum Gasteiger partial charge on any atom is -0.330 e. The quantitative estimate of drug-likeness (QED) is 0.797. The molecule has 0 radical (unpaired) electrons. The van der Waals surface area contributed by atoms with Gasteiger partial charge in [0.05, 0.1) is 12.9 Å². The van der Waals surface area contributed by atoms with Crippen molar-refractivity contribution >= 4 is 18.2 Å². The molecule has 0 amide bonds. The van der Waals surface area contributed by atoms with E-state index in [0.29, 0.717) is 6.54 Å². The fourth-order valence-electron chi connectivity index (χ4n) is 2.38. The number of nitrogens with zero attached hydrogens (tertiary/aromatic N) is 2. The van der Waals surface area contributed by atoms with E-state index in [4.69, 9.17) is 0 Å². The maximum atomic E-state index is 12.1. The zero-order valence-corrected chi connectivity index (χ0v) is 10.8. The third-order valence-electron chi connectivity index (χ3n) is 3.31. The van der Waals surface area contributed by atoms with Crippen molar-refractivity contribution in [3.8, 4) is 0 Å². The molecule has 18 heavy (non-hydrogen) atoms. The minimum atomic E-state index is 0. The molecule has 3 nitrogen and oxygen atoms in total. The van der Waals surface area contributed by atoms with Crippen molar-refractivity contribution in [1.29, 1.82) is 0 Å². The van der Waals surface area contributed by atoms with Gasteiger partial charge in [0.15, 0.2) is 5.78 Å². The van der Waals surface area contributed by atoms with Gasteiger partial charge in [0.2, 0.25) is 0 Å². The molecule has 1 aliphatic rings. The van der Waals surface area contributed by atoms with Crippen molar-refractivity contribution in [2.45, 2.75) is 25.8 Å². The SMILES string of the molecule is Cl.O=C(Cn1ccnc1)c1ccc2c(c1)CCC2. The first kappa shape index (κ1) is 12.8. The van der Waals surface area contributed by atoms with Gasteiger partial charge in [-0.1, -0.05) is 12.1 Å². The van der Waals surface area contributed by atoms with Crippen molar-refractivity contribution in [1.82, 2.24) is 9.55 Å². The first-order chi connectivity index (χ1) is 8.33. The summed E-state index contributed by atoms with van der Waals surface area (Å²) in [6.45, 7) is 0.374. The van der Waals surface area contributed by atoms with Gasteiger partial charge in [0.1, 0.15) is 0 Å². The van der Waals surface area contributed by atoms with Crippen molar-refractivity contribution in [2.24, 2.45) is 0 Å². The molecule has 0 aliphatic heterocycles. The molecule has 1 heterocycles. The summed E-state index contributed by atoms with van der Waals surface area (Å²) in [5.74, 6) is 0.151. The number of ketones is 1. The second-order valence-electron chi connectivity index (χ2n) is 4.50. The maximum Gasteiger partial charge on any atom is 0.182 e. The fourth-order valence-corrected chi connectivity index (χ4v) is 2.38. The number of carbonyl (C=O) groups excluding carboxylic acids is 1. The van der Waals surface area contributed by atoms with Gasteiger partial charge in [-0.3, -0.25) is 4.79 Å². The molecule has 94 valence electrons. The lowest BCUT2D eigenvalue weighted by molar-refractivity contribution is 0.0972. The first-order valence-corrected chi connectivity index (χ1v) is 5.94. The van der Waals surface area contributed by atoms with Crippen LogP contribution in [-0.4, -0.2) is 15.3 Å². The number of rotatable bonds is 3. The van der Waals surface area contributed by atoms with Gasteiger partial charge in [-0.25, -0.2) is 4.98 Å². The monoisotopic (exact) mass is 262 g/mol. The van der Waals surface area contributed by atoms with E-state index in [-0.39, 0.29) is 18.2 Å². The summed E-state index contributed by atoms with van der Waals surface area (Å²) in [5, 5.41) is 0. The van der Waals surface area contributed by atoms with E-state index in [1.165, 1.54) is 17.5 Å². The van der Waals surface area contributed by atoms with Gasteiger partial charge in [-0.2, -0.15) is 0 Å². The van der Waals surface area contributed by atoms with Crippen LogP contribution in [0.25, 0.3) is 0 Å². The Bertz CT molecular complexity index is 549. The second kappa shape index (κ2) is 5.36. The molecule has 1 aromatic heterocycles. The highest BCUT2D eigenvalue weighted by molar-refractivity contribution is 5.96. The summed E-state index contributed by atoms with van der Waals surface area (Å²) in [6, 6.07) is 6.11. The zero-order chi connectivity index (χ0) is 11.7. The number of hydrogen-bond acceptors (Lipinski definition) is 2. The van der Waals surface area contributed by atoms with Crippen LogP contribution in [0.5, 0.6) is 0 Å². The topological polar surface area (TPSA) is 34.9 Å². The van der Waals surface area contributed by atoms with Crippen LogP contribution in [0.15, 0.2) is 36.9 Å². The summed E-state index contributed by atoms with van der Waals surface area (Å²) in [5.41, 5.74) is 3.57. The lowest BCUT2D eigenvalue weighted by Crippen LogP contribution is -2.09. The van der Waals surface area contributed by atoms with E-state index < -0.39 is 0 Å². The zero-order valence-electron chi connectivity index (χ0n) is 10.0. The van der Waals surface area contributed by atoms with Gasteiger partial charge in [0.25, 0.3) is 0 Å². The van der Waals surface area contributed by atoms with Crippen molar-refractivity contribution in [2.75, 3.05) is 0 Å².